The lowest BCUT2D eigenvalue weighted by Crippen LogP contribution is -2.65. The Labute approximate surface area is 603 Å². The molecule has 0 unspecified atom stereocenters. The second-order valence-corrected chi connectivity index (χ2v) is 31.1. The molecule has 0 fully saturated rings. The van der Waals surface area contributed by atoms with Gasteiger partial charge in [-0.25, -0.2) is 0 Å². The van der Waals surface area contributed by atoms with Crippen molar-refractivity contribution in [1.82, 2.24) is 17.9 Å². The summed E-state index contributed by atoms with van der Waals surface area (Å²) in [6.45, 7) is -0.398. The van der Waals surface area contributed by atoms with Crippen molar-refractivity contribution in [2.75, 3.05) is 114 Å². The van der Waals surface area contributed by atoms with Gasteiger partial charge in [0.2, 0.25) is 0 Å². The summed E-state index contributed by atoms with van der Waals surface area (Å²) < 4.78 is 2.45. The van der Waals surface area contributed by atoms with E-state index in [0.29, 0.717) is 17.9 Å². The number of quaternary nitrogens is 4. The number of anilines is 18. The van der Waals surface area contributed by atoms with Crippen LogP contribution in [0.25, 0.3) is 0 Å². The molecule has 0 saturated heterocycles. The fraction of sp³-hybridized carbons (Fsp3) is 0.133. The van der Waals surface area contributed by atoms with E-state index in [2.05, 4.69) is 417 Å². The largest absolute Gasteiger partial charge is 0.311 e. The topological polar surface area (TPSA) is 19.4 Å². The number of hydrogen-bond donors (Lipinski definition) is 0. The van der Waals surface area contributed by atoms with Crippen LogP contribution in [-0.4, -0.2) is 98.0 Å². The highest BCUT2D eigenvalue weighted by molar-refractivity contribution is 7.03. The van der Waals surface area contributed by atoms with E-state index in [9.17, 15) is 0 Å². The van der Waals surface area contributed by atoms with Gasteiger partial charge in [0, 0.05) is 92.5 Å². The molecule has 0 atom stereocenters. The predicted octanol–water partition coefficient (Wildman–Crippen LogP) is 17.6. The number of fused-ring (bicyclic) bond motifs is 8. The number of rotatable bonds is 14. The van der Waals surface area contributed by atoms with E-state index in [1.54, 1.807) is 0 Å². The average molecular weight is 1330 g/mol. The van der Waals surface area contributed by atoms with E-state index in [0.717, 1.165) is 102 Å². The summed E-state index contributed by atoms with van der Waals surface area (Å²) in [5.41, 5.74) is 32.3. The highest BCUT2D eigenvalue weighted by Crippen LogP contribution is 2.55. The van der Waals surface area contributed by atoms with Crippen LogP contribution in [0, 0.1) is 0 Å². The first-order valence-electron chi connectivity index (χ1n) is 35.6. The zero-order valence-corrected chi connectivity index (χ0v) is 60.5. The molecule has 13 aromatic carbocycles. The molecule has 102 heavy (non-hydrogen) atoms. The third kappa shape index (κ3) is 10.5. The molecule has 498 valence electrons. The molecule has 0 radical (unpaired) electrons. The molecule has 4 aliphatic rings. The van der Waals surface area contributed by atoms with Gasteiger partial charge in [0.05, 0.1) is 95.9 Å². The van der Waals surface area contributed by atoms with Crippen molar-refractivity contribution in [3.8, 4) is 0 Å². The molecule has 12 heteroatoms. The monoisotopic (exact) mass is 1330 g/mol. The normalized spacial score (nSPS) is 13.6. The Morgan fingerprint density at radius 3 is 0.725 bits per heavy atom. The van der Waals surface area contributed by atoms with E-state index in [1.165, 1.54) is 55.5 Å². The second kappa shape index (κ2) is 24.2. The van der Waals surface area contributed by atoms with Crippen molar-refractivity contribution in [2.24, 2.45) is 0 Å². The minimum Gasteiger partial charge on any atom is -0.311 e. The molecule has 0 saturated carbocycles. The predicted molar refractivity (Wildman–Crippen MR) is 442 cm³/mol. The Kier molecular flexibility index (Phi) is 15.2. The van der Waals surface area contributed by atoms with Crippen molar-refractivity contribution in [3.05, 3.63) is 303 Å². The third-order valence-electron chi connectivity index (χ3n) is 21.0. The Morgan fingerprint density at radius 2 is 0.451 bits per heavy atom. The number of benzene rings is 13. The smallest absolute Gasteiger partial charge is 0.252 e. The van der Waals surface area contributed by atoms with Gasteiger partial charge in [-0.15, -0.1) is 0 Å². The average Bonchev–Trinajstić information content (AvgIpc) is 0.684. The maximum atomic E-state index is 2.65. The lowest BCUT2D eigenvalue weighted by molar-refractivity contribution is 0.484. The maximum absolute atomic E-state index is 2.65. The van der Waals surface area contributed by atoms with Crippen LogP contribution in [-0.2, 0) is 0 Å². The van der Waals surface area contributed by atoms with Crippen LogP contribution in [0.1, 0.15) is 0 Å². The zero-order valence-electron chi connectivity index (χ0n) is 60.5. The van der Waals surface area contributed by atoms with Gasteiger partial charge in [-0.1, -0.05) is 164 Å². The summed E-state index contributed by atoms with van der Waals surface area (Å²) in [7, 11) is 27.4. The summed E-state index contributed by atoms with van der Waals surface area (Å²) in [5.74, 6) is 0. The number of hydrogen-bond acceptors (Lipinski definition) is 6. The van der Waals surface area contributed by atoms with Crippen LogP contribution in [0.5, 0.6) is 0 Å². The lowest BCUT2D eigenvalue weighted by Gasteiger charge is -2.48. The Hall–Kier alpha value is -11.4. The van der Waals surface area contributed by atoms with Gasteiger partial charge in [0.15, 0.2) is 22.7 Å². The van der Waals surface area contributed by atoms with E-state index in [4.69, 9.17) is 0 Å². The summed E-state index contributed by atoms with van der Waals surface area (Å²) in [4.78, 5) is 15.4. The minimum atomic E-state index is -0.199. The molecule has 4 heterocycles. The first-order chi connectivity index (χ1) is 49.2. The molecule has 0 aliphatic carbocycles. The van der Waals surface area contributed by atoms with E-state index in [-0.39, 0.29) is 13.4 Å². The first-order valence-corrected chi connectivity index (χ1v) is 35.6. The van der Waals surface area contributed by atoms with Gasteiger partial charge in [-0.3, -0.25) is 27.7 Å². The quantitative estimate of drug-likeness (QED) is 0.0793. The molecule has 0 spiro atoms. The van der Waals surface area contributed by atoms with Crippen molar-refractivity contribution in [2.45, 2.75) is 0 Å². The van der Waals surface area contributed by atoms with Gasteiger partial charge in [0.25, 0.3) is 13.4 Å². The van der Waals surface area contributed by atoms with Crippen molar-refractivity contribution in [1.29, 1.82) is 0 Å². The standard InChI is InChI=1S/C90H86B2N10/c1-99(2,3)85-53-33-29-49-75(85)97(76-50-30-34-54-86(76)100(4,5)6)67-57-81-89-83(59-67)95(65-41-21-15-22-42-65)79-62-80-72(61-71(79)91(89)69-45-25-27-47-73(69)93(81)63-37-17-13-18-38-63)92-70-46-26-28-48-74(70)94(64-39-19-14-20-40-64)82-58-68(60-84(90(82)92)96(80)66-43-23-16-24-44-66)98(77-51-31-35-55-87(77)101(7,8)9)78-52-32-36-56-88(78)102(10,11)12/h13-62H,1-12H3/q+4. The summed E-state index contributed by atoms with van der Waals surface area (Å²) in [6, 6.07) is 114. The van der Waals surface area contributed by atoms with Crippen molar-refractivity contribution >= 4 is 171 Å². The third-order valence-corrected chi connectivity index (χ3v) is 21.0. The van der Waals surface area contributed by atoms with Crippen LogP contribution in [0.2, 0.25) is 0 Å². The molecule has 0 aromatic heterocycles. The van der Waals surface area contributed by atoms with Crippen LogP contribution >= 0.6 is 0 Å². The molecular formula is C90H86B2N10+4. The maximum Gasteiger partial charge on any atom is 0.252 e. The Bertz CT molecular complexity index is 4960. The van der Waals surface area contributed by atoms with E-state index in [1.807, 2.05) is 0 Å². The highest BCUT2D eigenvalue weighted by atomic mass is 15.4. The van der Waals surface area contributed by atoms with Crippen molar-refractivity contribution in [3.63, 3.8) is 0 Å². The highest BCUT2D eigenvalue weighted by Gasteiger charge is 2.50. The molecule has 0 bridgehead atoms. The molecular weight excluding hydrogens is 1240 g/mol. The SMILES string of the molecule is C[N+](C)(C)c1ccccc1N(c1cc2c3c(c1)N(c1ccccc1)c1cc4c(cc1B3c1ccccc1N2c1ccccc1)B1c2ccccc2N(c2ccccc2)c2cc(N(c3ccccc3[N+](C)(C)C)c3ccccc3[N+](C)(C)C)cc(c21)N4c1ccccc1)c1ccccc1[N+](C)(C)C. The Morgan fingerprint density at radius 1 is 0.216 bits per heavy atom. The molecule has 0 amide bonds. The van der Waals surface area contributed by atoms with Crippen LogP contribution in [0.3, 0.4) is 0 Å². The van der Waals surface area contributed by atoms with Gasteiger partial charge in [0.1, 0.15) is 22.7 Å². The van der Waals surface area contributed by atoms with Gasteiger partial charge >= 0.3 is 0 Å². The van der Waals surface area contributed by atoms with Gasteiger partial charge in [-0.05, 0) is 148 Å². The number of para-hydroxylation sites is 14. The summed E-state index contributed by atoms with van der Waals surface area (Å²) >= 11 is 0. The summed E-state index contributed by atoms with van der Waals surface area (Å²) in [5, 5.41) is 0. The van der Waals surface area contributed by atoms with Crippen molar-refractivity contribution < 1.29 is 0 Å². The lowest BCUT2D eigenvalue weighted by atomic mass is 9.30. The molecule has 4 aliphatic heterocycles. The fourth-order valence-corrected chi connectivity index (χ4v) is 16.7. The molecule has 10 nitrogen and oxygen atoms in total. The second-order valence-electron chi connectivity index (χ2n) is 31.1. The minimum absolute atomic E-state index is 0.199. The first kappa shape index (κ1) is 64.0. The van der Waals surface area contributed by atoms with Crippen LogP contribution in [0.15, 0.2) is 303 Å². The van der Waals surface area contributed by atoms with E-state index < -0.39 is 0 Å². The number of nitrogens with zero attached hydrogens (tertiary/aromatic N) is 10. The van der Waals surface area contributed by atoms with Crippen LogP contribution in [0.4, 0.5) is 125 Å². The fourth-order valence-electron chi connectivity index (χ4n) is 16.7. The van der Waals surface area contributed by atoms with E-state index >= 15 is 0 Å². The van der Waals surface area contributed by atoms with Crippen LogP contribution < -0.4 is 80.1 Å². The zero-order chi connectivity index (χ0) is 70.1. The molecule has 0 N–H and O–H groups in total. The Balaban J connectivity index is 1.01. The molecule has 17 rings (SSSR count). The summed E-state index contributed by atoms with van der Waals surface area (Å²) in [6.07, 6.45) is 0. The van der Waals surface area contributed by atoms with Gasteiger partial charge < -0.3 is 19.6 Å². The molecule has 13 aromatic rings. The van der Waals surface area contributed by atoms with Gasteiger partial charge in [-0.2, -0.15) is 0 Å².